The standard InChI is InChI=1S/C14H24N2O3/c17-13(7-10-5-6-15-8-10)16-9-11-3-1-2-4-12(11)14(18)19/h10-12,15H,1-9H2,(H,16,17)(H,18,19). The lowest BCUT2D eigenvalue weighted by Gasteiger charge is -2.28. The van der Waals surface area contributed by atoms with Gasteiger partial charge in [0.2, 0.25) is 5.91 Å². The highest BCUT2D eigenvalue weighted by Gasteiger charge is 2.31. The molecular weight excluding hydrogens is 244 g/mol. The van der Waals surface area contributed by atoms with E-state index in [0.29, 0.717) is 18.9 Å². The second kappa shape index (κ2) is 6.89. The van der Waals surface area contributed by atoms with E-state index in [9.17, 15) is 14.7 Å². The summed E-state index contributed by atoms with van der Waals surface area (Å²) in [7, 11) is 0. The summed E-state index contributed by atoms with van der Waals surface area (Å²) >= 11 is 0. The van der Waals surface area contributed by atoms with Gasteiger partial charge in [-0.25, -0.2) is 0 Å². The van der Waals surface area contributed by atoms with Crippen LogP contribution in [0.2, 0.25) is 0 Å². The monoisotopic (exact) mass is 268 g/mol. The summed E-state index contributed by atoms with van der Waals surface area (Å²) in [6, 6.07) is 0. The summed E-state index contributed by atoms with van der Waals surface area (Å²) < 4.78 is 0. The molecule has 0 aromatic heterocycles. The molecule has 1 aliphatic carbocycles. The van der Waals surface area contributed by atoms with Gasteiger partial charge in [-0.1, -0.05) is 12.8 Å². The van der Waals surface area contributed by atoms with Gasteiger partial charge in [0.15, 0.2) is 0 Å². The molecule has 3 N–H and O–H groups in total. The number of hydrogen-bond donors (Lipinski definition) is 3. The van der Waals surface area contributed by atoms with Gasteiger partial charge in [0.05, 0.1) is 5.92 Å². The number of rotatable bonds is 5. The Balaban J connectivity index is 1.73. The minimum absolute atomic E-state index is 0.0726. The number of nitrogens with one attached hydrogen (secondary N) is 2. The quantitative estimate of drug-likeness (QED) is 0.695. The highest BCUT2D eigenvalue weighted by molar-refractivity contribution is 5.76. The Morgan fingerprint density at radius 1 is 1.21 bits per heavy atom. The van der Waals surface area contributed by atoms with Crippen molar-refractivity contribution >= 4 is 11.9 Å². The molecule has 2 aliphatic rings. The number of amides is 1. The van der Waals surface area contributed by atoms with Gasteiger partial charge < -0.3 is 15.7 Å². The zero-order chi connectivity index (χ0) is 13.7. The smallest absolute Gasteiger partial charge is 0.306 e. The van der Waals surface area contributed by atoms with Crippen molar-refractivity contribution in [2.75, 3.05) is 19.6 Å². The number of carboxylic acid groups (broad SMARTS) is 1. The van der Waals surface area contributed by atoms with Crippen LogP contribution in [0.1, 0.15) is 38.5 Å². The van der Waals surface area contributed by atoms with Crippen molar-refractivity contribution in [1.29, 1.82) is 0 Å². The summed E-state index contributed by atoms with van der Waals surface area (Å²) in [6.45, 7) is 2.45. The molecular formula is C14H24N2O3. The normalized spacial score (nSPS) is 31.1. The van der Waals surface area contributed by atoms with Crippen LogP contribution < -0.4 is 10.6 Å². The second-order valence-electron chi connectivity index (χ2n) is 5.86. The van der Waals surface area contributed by atoms with Gasteiger partial charge in [-0.05, 0) is 44.2 Å². The lowest BCUT2D eigenvalue weighted by atomic mass is 9.79. The zero-order valence-electron chi connectivity index (χ0n) is 11.4. The fraction of sp³-hybridized carbons (Fsp3) is 0.857. The Bertz CT molecular complexity index is 327. The Labute approximate surface area is 114 Å². The van der Waals surface area contributed by atoms with E-state index in [2.05, 4.69) is 10.6 Å². The van der Waals surface area contributed by atoms with E-state index in [4.69, 9.17) is 0 Å². The van der Waals surface area contributed by atoms with Gasteiger partial charge in [-0.15, -0.1) is 0 Å². The summed E-state index contributed by atoms with van der Waals surface area (Å²) in [5.41, 5.74) is 0. The molecule has 0 radical (unpaired) electrons. The first kappa shape index (κ1) is 14.3. The van der Waals surface area contributed by atoms with E-state index >= 15 is 0 Å². The Morgan fingerprint density at radius 3 is 2.68 bits per heavy atom. The third-order valence-corrected chi connectivity index (χ3v) is 4.42. The fourth-order valence-corrected chi connectivity index (χ4v) is 3.25. The van der Waals surface area contributed by atoms with Crippen molar-refractivity contribution < 1.29 is 14.7 Å². The average Bonchev–Trinajstić information content (AvgIpc) is 2.89. The molecule has 1 amide bonds. The van der Waals surface area contributed by atoms with Crippen molar-refractivity contribution in [2.45, 2.75) is 38.5 Å². The first-order chi connectivity index (χ1) is 9.16. The summed E-state index contributed by atoms with van der Waals surface area (Å²) in [5.74, 6) is -0.358. The summed E-state index contributed by atoms with van der Waals surface area (Å²) in [4.78, 5) is 23.0. The van der Waals surface area contributed by atoms with E-state index in [1.54, 1.807) is 0 Å². The molecule has 3 unspecified atom stereocenters. The van der Waals surface area contributed by atoms with Crippen LogP contribution in [0.4, 0.5) is 0 Å². The van der Waals surface area contributed by atoms with Crippen LogP contribution in [0.5, 0.6) is 0 Å². The van der Waals surface area contributed by atoms with E-state index in [1.807, 2.05) is 0 Å². The number of hydrogen-bond acceptors (Lipinski definition) is 3. The molecule has 2 rings (SSSR count). The number of carbonyl (C=O) groups excluding carboxylic acids is 1. The molecule has 1 saturated heterocycles. The maximum atomic E-state index is 11.8. The number of carboxylic acids is 1. The van der Waals surface area contributed by atoms with Crippen LogP contribution in [0, 0.1) is 17.8 Å². The van der Waals surface area contributed by atoms with Gasteiger partial charge in [-0.3, -0.25) is 9.59 Å². The number of aliphatic carboxylic acids is 1. The predicted octanol–water partition coefficient (Wildman–Crippen LogP) is 0.993. The van der Waals surface area contributed by atoms with Gasteiger partial charge in [-0.2, -0.15) is 0 Å². The van der Waals surface area contributed by atoms with Crippen molar-refractivity contribution in [3.63, 3.8) is 0 Å². The van der Waals surface area contributed by atoms with Crippen LogP contribution in [-0.4, -0.2) is 36.6 Å². The maximum absolute atomic E-state index is 11.8. The van der Waals surface area contributed by atoms with Crippen molar-refractivity contribution in [3.8, 4) is 0 Å². The first-order valence-corrected chi connectivity index (χ1v) is 7.37. The predicted molar refractivity (Wildman–Crippen MR) is 71.7 cm³/mol. The van der Waals surface area contributed by atoms with Gasteiger partial charge in [0, 0.05) is 13.0 Å². The van der Waals surface area contributed by atoms with Crippen LogP contribution in [0.3, 0.4) is 0 Å². The van der Waals surface area contributed by atoms with Crippen LogP contribution in [-0.2, 0) is 9.59 Å². The molecule has 0 bridgehead atoms. The SMILES string of the molecule is O=C(CC1CCNC1)NCC1CCCCC1C(=O)O. The fourth-order valence-electron chi connectivity index (χ4n) is 3.25. The molecule has 5 heteroatoms. The Kier molecular flexibility index (Phi) is 5.19. The molecule has 3 atom stereocenters. The van der Waals surface area contributed by atoms with E-state index in [0.717, 1.165) is 45.2 Å². The highest BCUT2D eigenvalue weighted by atomic mass is 16.4. The second-order valence-corrected chi connectivity index (χ2v) is 5.86. The van der Waals surface area contributed by atoms with Crippen LogP contribution in [0.15, 0.2) is 0 Å². The number of carbonyl (C=O) groups is 2. The maximum Gasteiger partial charge on any atom is 0.306 e. The first-order valence-electron chi connectivity index (χ1n) is 7.37. The van der Waals surface area contributed by atoms with Crippen LogP contribution in [0.25, 0.3) is 0 Å². The molecule has 5 nitrogen and oxygen atoms in total. The molecule has 19 heavy (non-hydrogen) atoms. The Hall–Kier alpha value is -1.10. The largest absolute Gasteiger partial charge is 0.481 e. The minimum atomic E-state index is -0.709. The minimum Gasteiger partial charge on any atom is -0.481 e. The Morgan fingerprint density at radius 2 is 2.00 bits per heavy atom. The van der Waals surface area contributed by atoms with Gasteiger partial charge >= 0.3 is 5.97 Å². The average molecular weight is 268 g/mol. The van der Waals surface area contributed by atoms with Crippen molar-refractivity contribution in [3.05, 3.63) is 0 Å². The van der Waals surface area contributed by atoms with Crippen molar-refractivity contribution in [1.82, 2.24) is 10.6 Å². The van der Waals surface area contributed by atoms with Gasteiger partial charge in [0.25, 0.3) is 0 Å². The molecule has 2 fully saturated rings. The van der Waals surface area contributed by atoms with E-state index < -0.39 is 5.97 Å². The topological polar surface area (TPSA) is 78.4 Å². The van der Waals surface area contributed by atoms with Crippen LogP contribution >= 0.6 is 0 Å². The molecule has 1 heterocycles. The third kappa shape index (κ3) is 4.20. The van der Waals surface area contributed by atoms with E-state index in [-0.39, 0.29) is 17.7 Å². The lowest BCUT2D eigenvalue weighted by molar-refractivity contribution is -0.145. The third-order valence-electron chi connectivity index (χ3n) is 4.42. The molecule has 1 aliphatic heterocycles. The molecule has 0 aromatic rings. The zero-order valence-corrected chi connectivity index (χ0v) is 11.4. The summed E-state index contributed by atoms with van der Waals surface area (Å²) in [5, 5.41) is 15.4. The molecule has 1 saturated carbocycles. The molecule has 108 valence electrons. The van der Waals surface area contributed by atoms with Crippen molar-refractivity contribution in [2.24, 2.45) is 17.8 Å². The van der Waals surface area contributed by atoms with Gasteiger partial charge in [0.1, 0.15) is 0 Å². The molecule has 0 aromatic carbocycles. The van der Waals surface area contributed by atoms with E-state index in [1.165, 1.54) is 0 Å². The molecule has 0 spiro atoms. The highest BCUT2D eigenvalue weighted by Crippen LogP contribution is 2.29. The lowest BCUT2D eigenvalue weighted by Crippen LogP contribution is -2.37. The summed E-state index contributed by atoms with van der Waals surface area (Å²) in [6.07, 6.45) is 5.38.